The van der Waals surface area contributed by atoms with Gasteiger partial charge in [0.25, 0.3) is 5.91 Å². The van der Waals surface area contributed by atoms with Crippen LogP contribution in [0, 0.1) is 0 Å². The van der Waals surface area contributed by atoms with Crippen LogP contribution >= 0.6 is 0 Å². The van der Waals surface area contributed by atoms with Crippen molar-refractivity contribution in [3.8, 4) is 0 Å². The van der Waals surface area contributed by atoms with Crippen LogP contribution in [0.4, 0.5) is 14.5 Å². The lowest BCUT2D eigenvalue weighted by Gasteiger charge is -2.26. The van der Waals surface area contributed by atoms with Gasteiger partial charge in [-0.15, -0.1) is 0 Å². The van der Waals surface area contributed by atoms with Crippen LogP contribution in [0.5, 0.6) is 0 Å². The summed E-state index contributed by atoms with van der Waals surface area (Å²) in [5.74, 6) is -4.17. The Balaban J connectivity index is 1.75. The lowest BCUT2D eigenvalue weighted by Crippen LogP contribution is -2.36. The van der Waals surface area contributed by atoms with E-state index in [1.807, 2.05) is 0 Å². The number of carbonyl (C=O) groups is 3. The van der Waals surface area contributed by atoms with Crippen LogP contribution in [0.25, 0.3) is 10.8 Å². The Morgan fingerprint density at radius 2 is 2.13 bits per heavy atom. The molecule has 3 amide bonds. The maximum atomic E-state index is 15.1. The predicted molar refractivity (Wildman–Crippen MR) is 103 cm³/mol. The van der Waals surface area contributed by atoms with Crippen LogP contribution in [0.3, 0.4) is 0 Å². The van der Waals surface area contributed by atoms with Crippen LogP contribution in [0.2, 0.25) is 0 Å². The van der Waals surface area contributed by atoms with Crippen molar-refractivity contribution in [2.75, 3.05) is 4.90 Å². The van der Waals surface area contributed by atoms with E-state index in [0.29, 0.717) is 29.5 Å². The van der Waals surface area contributed by atoms with Gasteiger partial charge in [0.2, 0.25) is 12.3 Å². The standard InChI is InChI=1S/C20H17F2N5O3/c1-11(5-8-17(29)23-10-28)27-15-7-6-14(20(21,22)16-9-24-26-25-16)12-3-2-4-13(18(12)15)19(27)30/h2-4,6-7,9-11H,5,8H2,1H3,(H,23,28,29)(H,24,25,26). The van der Waals surface area contributed by atoms with Crippen molar-refractivity contribution in [1.82, 2.24) is 20.7 Å². The van der Waals surface area contributed by atoms with Crippen molar-refractivity contribution in [1.29, 1.82) is 0 Å². The molecule has 1 unspecified atom stereocenters. The van der Waals surface area contributed by atoms with E-state index >= 15 is 8.78 Å². The van der Waals surface area contributed by atoms with Crippen LogP contribution < -0.4 is 10.2 Å². The van der Waals surface area contributed by atoms with Gasteiger partial charge in [0, 0.05) is 29.0 Å². The minimum Gasteiger partial charge on any atom is -0.305 e. The van der Waals surface area contributed by atoms with Crippen molar-refractivity contribution in [2.24, 2.45) is 0 Å². The Hall–Kier alpha value is -3.69. The average Bonchev–Trinajstić information content (AvgIpc) is 3.36. The summed E-state index contributed by atoms with van der Waals surface area (Å²) in [6, 6.07) is 7.10. The molecule has 3 aromatic rings. The summed E-state index contributed by atoms with van der Waals surface area (Å²) in [6.07, 6.45) is 1.62. The van der Waals surface area contributed by atoms with E-state index in [1.54, 1.807) is 25.1 Å². The molecule has 1 atom stereocenters. The third-order valence-corrected chi connectivity index (χ3v) is 5.25. The van der Waals surface area contributed by atoms with Gasteiger partial charge >= 0.3 is 5.92 Å². The van der Waals surface area contributed by atoms with Gasteiger partial charge in [0.05, 0.1) is 11.9 Å². The number of H-pyrrole nitrogens is 1. The first kappa shape index (κ1) is 19.6. The highest BCUT2D eigenvalue weighted by Crippen LogP contribution is 2.45. The van der Waals surface area contributed by atoms with Crippen molar-refractivity contribution in [2.45, 2.75) is 31.7 Å². The van der Waals surface area contributed by atoms with Crippen LogP contribution in [-0.2, 0) is 15.5 Å². The van der Waals surface area contributed by atoms with E-state index in [2.05, 4.69) is 20.7 Å². The maximum Gasteiger partial charge on any atom is 0.318 e. The maximum absolute atomic E-state index is 15.1. The number of benzene rings is 2. The molecule has 0 aliphatic carbocycles. The first-order chi connectivity index (χ1) is 14.4. The number of alkyl halides is 2. The van der Waals surface area contributed by atoms with E-state index in [4.69, 9.17) is 0 Å². The van der Waals surface area contributed by atoms with E-state index in [-0.39, 0.29) is 29.3 Å². The molecule has 2 heterocycles. The largest absolute Gasteiger partial charge is 0.318 e. The number of hydrogen-bond acceptors (Lipinski definition) is 5. The number of halogens is 2. The topological polar surface area (TPSA) is 108 Å². The lowest BCUT2D eigenvalue weighted by molar-refractivity contribution is -0.125. The smallest absolute Gasteiger partial charge is 0.305 e. The summed E-state index contributed by atoms with van der Waals surface area (Å²) in [6.45, 7) is 1.77. The third kappa shape index (κ3) is 3.00. The van der Waals surface area contributed by atoms with Crippen LogP contribution in [0.15, 0.2) is 36.5 Å². The zero-order chi connectivity index (χ0) is 21.5. The fourth-order valence-electron chi connectivity index (χ4n) is 3.82. The second-order valence-corrected chi connectivity index (χ2v) is 7.04. The molecule has 30 heavy (non-hydrogen) atoms. The molecule has 0 saturated carbocycles. The molecule has 1 aliphatic heterocycles. The summed E-state index contributed by atoms with van der Waals surface area (Å²) in [5.41, 5.74) is 0.0432. The summed E-state index contributed by atoms with van der Waals surface area (Å²) in [7, 11) is 0. The van der Waals surface area contributed by atoms with Gasteiger partial charge in [-0.3, -0.25) is 19.7 Å². The number of nitrogens with one attached hydrogen (secondary N) is 2. The summed E-state index contributed by atoms with van der Waals surface area (Å²) in [4.78, 5) is 36.5. The fourth-order valence-corrected chi connectivity index (χ4v) is 3.82. The molecule has 10 heteroatoms. The minimum absolute atomic E-state index is 0.0471. The number of imide groups is 1. The molecule has 1 aromatic heterocycles. The minimum atomic E-state index is -3.40. The van der Waals surface area contributed by atoms with Crippen molar-refractivity contribution < 1.29 is 23.2 Å². The first-order valence-corrected chi connectivity index (χ1v) is 9.23. The molecule has 8 nitrogen and oxygen atoms in total. The van der Waals surface area contributed by atoms with Gasteiger partial charge in [0.1, 0.15) is 0 Å². The van der Waals surface area contributed by atoms with Crippen molar-refractivity contribution in [3.05, 3.63) is 53.3 Å². The van der Waals surface area contributed by atoms with Gasteiger partial charge in [-0.2, -0.15) is 24.2 Å². The molecule has 0 bridgehead atoms. The second kappa shape index (κ2) is 7.29. The number of carbonyl (C=O) groups excluding carboxylic acids is 3. The number of anilines is 1. The number of amides is 3. The van der Waals surface area contributed by atoms with Gasteiger partial charge in [-0.1, -0.05) is 12.1 Å². The quantitative estimate of drug-likeness (QED) is 0.579. The molecule has 2 N–H and O–H groups in total. The number of nitrogens with zero attached hydrogens (tertiary/aromatic N) is 3. The summed E-state index contributed by atoms with van der Waals surface area (Å²) < 4.78 is 30.2. The zero-order valence-corrected chi connectivity index (χ0v) is 15.9. The molecule has 1 aliphatic rings. The number of rotatable bonds is 7. The number of hydrogen-bond donors (Lipinski definition) is 2. The zero-order valence-electron chi connectivity index (χ0n) is 15.9. The van der Waals surface area contributed by atoms with Crippen molar-refractivity contribution >= 4 is 34.7 Å². The molecule has 0 fully saturated rings. The lowest BCUT2D eigenvalue weighted by atomic mass is 9.95. The van der Waals surface area contributed by atoms with Gasteiger partial charge < -0.3 is 4.90 Å². The van der Waals surface area contributed by atoms with E-state index in [1.165, 1.54) is 17.0 Å². The highest BCUT2D eigenvalue weighted by molar-refractivity contribution is 6.25. The number of aromatic amines is 1. The fraction of sp³-hybridized carbons (Fsp3) is 0.250. The Bertz CT molecular complexity index is 1150. The molecule has 0 radical (unpaired) electrons. The van der Waals surface area contributed by atoms with Gasteiger partial charge in [-0.25, -0.2) is 0 Å². The highest BCUT2D eigenvalue weighted by Gasteiger charge is 2.41. The molecule has 154 valence electrons. The van der Waals surface area contributed by atoms with E-state index < -0.39 is 17.5 Å². The van der Waals surface area contributed by atoms with E-state index in [0.717, 1.165) is 6.20 Å². The molecule has 2 aromatic carbocycles. The molecule has 0 saturated heterocycles. The van der Waals surface area contributed by atoms with Crippen molar-refractivity contribution in [3.63, 3.8) is 0 Å². The van der Waals surface area contributed by atoms with Gasteiger partial charge in [-0.05, 0) is 36.9 Å². The molecule has 4 rings (SSSR count). The Morgan fingerprint density at radius 1 is 1.33 bits per heavy atom. The molecular formula is C20H17F2N5O3. The Kier molecular flexibility index (Phi) is 4.76. The third-order valence-electron chi connectivity index (χ3n) is 5.25. The predicted octanol–water partition coefficient (Wildman–Crippen LogP) is 2.50. The number of aromatic nitrogens is 3. The molecule has 0 spiro atoms. The second-order valence-electron chi connectivity index (χ2n) is 7.04. The van der Waals surface area contributed by atoms with Crippen LogP contribution in [0.1, 0.15) is 41.4 Å². The average molecular weight is 413 g/mol. The van der Waals surface area contributed by atoms with Crippen LogP contribution in [-0.4, -0.2) is 39.7 Å². The van der Waals surface area contributed by atoms with E-state index in [9.17, 15) is 14.4 Å². The Labute approximate surface area is 169 Å². The summed E-state index contributed by atoms with van der Waals surface area (Å²) >= 11 is 0. The normalized spacial score (nSPS) is 14.2. The van der Waals surface area contributed by atoms with Gasteiger partial charge in [0.15, 0.2) is 5.69 Å². The monoisotopic (exact) mass is 413 g/mol. The molecular weight excluding hydrogens is 396 g/mol. The first-order valence-electron chi connectivity index (χ1n) is 9.23. The Morgan fingerprint density at radius 3 is 2.83 bits per heavy atom. The highest BCUT2D eigenvalue weighted by atomic mass is 19.3. The SMILES string of the molecule is CC(CCC(=O)NC=O)N1C(=O)c2cccc3c(C(F)(F)c4cn[nH]n4)ccc1c23. The summed E-state index contributed by atoms with van der Waals surface area (Å²) in [5, 5.41) is 11.9.